The van der Waals surface area contributed by atoms with E-state index >= 15 is 0 Å². The van der Waals surface area contributed by atoms with E-state index in [0.717, 1.165) is 16.2 Å². The highest BCUT2D eigenvalue weighted by atomic mass is 32.1. The number of carbonyl (C=O) groups excluding carboxylic acids is 2. The number of amides is 2. The lowest BCUT2D eigenvalue weighted by Crippen LogP contribution is -2.39. The zero-order chi connectivity index (χ0) is 23.4. The number of nitrogens with zero attached hydrogens (tertiary/aromatic N) is 3. The van der Waals surface area contributed by atoms with Gasteiger partial charge in [-0.15, -0.1) is 11.3 Å². The normalized spacial score (nSPS) is 15.2. The molecule has 3 aromatic rings. The van der Waals surface area contributed by atoms with Crippen molar-refractivity contribution in [2.24, 2.45) is 5.10 Å². The molecule has 0 saturated heterocycles. The molecule has 0 saturated carbocycles. The van der Waals surface area contributed by atoms with Gasteiger partial charge in [0.15, 0.2) is 0 Å². The summed E-state index contributed by atoms with van der Waals surface area (Å²) in [5.74, 6) is 0.853. The molecule has 1 atom stereocenters. The maximum absolute atomic E-state index is 13.4. The van der Waals surface area contributed by atoms with Crippen molar-refractivity contribution in [3.63, 3.8) is 0 Å². The van der Waals surface area contributed by atoms with E-state index in [-0.39, 0.29) is 24.4 Å². The summed E-state index contributed by atoms with van der Waals surface area (Å²) >= 11 is 1.59. The van der Waals surface area contributed by atoms with E-state index < -0.39 is 0 Å². The van der Waals surface area contributed by atoms with Crippen molar-refractivity contribution < 1.29 is 19.1 Å². The van der Waals surface area contributed by atoms with Crippen molar-refractivity contribution >= 4 is 28.9 Å². The molecule has 0 bridgehead atoms. The van der Waals surface area contributed by atoms with E-state index in [1.54, 1.807) is 56.9 Å². The molecule has 0 aliphatic carbocycles. The fourth-order valence-electron chi connectivity index (χ4n) is 3.82. The van der Waals surface area contributed by atoms with Gasteiger partial charge in [0.2, 0.25) is 0 Å². The smallest absolute Gasteiger partial charge is 0.262 e. The highest BCUT2D eigenvalue weighted by Gasteiger charge is 2.35. The van der Waals surface area contributed by atoms with Crippen molar-refractivity contribution in [3.8, 4) is 11.5 Å². The molecular formula is C25H25N3O4S. The van der Waals surface area contributed by atoms with Crippen LogP contribution in [0.2, 0.25) is 0 Å². The summed E-state index contributed by atoms with van der Waals surface area (Å²) < 4.78 is 10.7. The number of hydrazone groups is 1. The summed E-state index contributed by atoms with van der Waals surface area (Å²) in [5.41, 5.74) is 2.21. The number of rotatable bonds is 7. The van der Waals surface area contributed by atoms with Crippen LogP contribution in [0.15, 0.2) is 71.1 Å². The second-order valence-corrected chi connectivity index (χ2v) is 8.56. The molecule has 1 aliphatic heterocycles. The number of benzene rings is 2. The molecule has 7 nitrogen and oxygen atoms in total. The second kappa shape index (κ2) is 9.87. The van der Waals surface area contributed by atoms with Gasteiger partial charge < -0.3 is 14.4 Å². The minimum Gasteiger partial charge on any atom is -0.497 e. The predicted octanol–water partition coefficient (Wildman–Crippen LogP) is 4.22. The predicted molar refractivity (Wildman–Crippen MR) is 128 cm³/mol. The Morgan fingerprint density at radius 3 is 2.48 bits per heavy atom. The van der Waals surface area contributed by atoms with E-state index in [4.69, 9.17) is 9.47 Å². The van der Waals surface area contributed by atoms with Crippen LogP contribution in [0.4, 0.5) is 0 Å². The number of hydrogen-bond donors (Lipinski definition) is 0. The Bertz CT molecular complexity index is 1160. The zero-order valence-corrected chi connectivity index (χ0v) is 19.5. The van der Waals surface area contributed by atoms with Gasteiger partial charge in [-0.1, -0.05) is 24.3 Å². The highest BCUT2D eigenvalue weighted by molar-refractivity contribution is 7.12. The SMILES string of the molecule is COc1ccc(C(=O)N(C)CC(=O)N2N=C(c3cccs3)C[C@H]2c2ccccc2OC)cc1. The Kier molecular flexibility index (Phi) is 6.74. The van der Waals surface area contributed by atoms with Gasteiger partial charge in [-0.05, 0) is 41.8 Å². The maximum atomic E-state index is 13.4. The Balaban J connectivity index is 1.57. The van der Waals surface area contributed by atoms with Crippen LogP contribution < -0.4 is 9.47 Å². The van der Waals surface area contributed by atoms with Gasteiger partial charge in [-0.25, -0.2) is 5.01 Å². The number of carbonyl (C=O) groups is 2. The third-order valence-corrected chi connectivity index (χ3v) is 6.44. The molecule has 0 N–H and O–H groups in total. The van der Waals surface area contributed by atoms with Crippen molar-refractivity contribution in [1.29, 1.82) is 0 Å². The third kappa shape index (κ3) is 4.75. The summed E-state index contributed by atoms with van der Waals surface area (Å²) in [7, 11) is 4.80. The summed E-state index contributed by atoms with van der Waals surface area (Å²) in [5, 5.41) is 8.15. The van der Waals surface area contributed by atoms with E-state index in [2.05, 4.69) is 5.10 Å². The van der Waals surface area contributed by atoms with E-state index in [0.29, 0.717) is 23.5 Å². The third-order valence-electron chi connectivity index (χ3n) is 5.53. The quantitative estimate of drug-likeness (QED) is 0.526. The largest absolute Gasteiger partial charge is 0.497 e. The lowest BCUT2D eigenvalue weighted by atomic mass is 10.00. The fraction of sp³-hybridized carbons (Fsp3) is 0.240. The molecule has 0 radical (unpaired) electrons. The summed E-state index contributed by atoms with van der Waals surface area (Å²) in [6.07, 6.45) is 0.572. The van der Waals surface area contributed by atoms with Gasteiger partial charge in [-0.2, -0.15) is 5.10 Å². The van der Waals surface area contributed by atoms with Crippen LogP contribution >= 0.6 is 11.3 Å². The average molecular weight is 464 g/mol. The number of ether oxygens (including phenoxy) is 2. The molecule has 8 heteroatoms. The van der Waals surface area contributed by atoms with Crippen LogP contribution in [0.3, 0.4) is 0 Å². The molecule has 1 aliphatic rings. The first kappa shape index (κ1) is 22.5. The van der Waals surface area contributed by atoms with Gasteiger partial charge in [0.1, 0.15) is 18.0 Å². The molecule has 4 rings (SSSR count). The standard InChI is InChI=1S/C25H25N3O4S/c1-27(25(30)17-10-12-18(31-2)13-11-17)16-24(29)28-21(19-7-4-5-8-22(19)32-3)15-20(26-28)23-9-6-14-33-23/h4-14,21H,15-16H2,1-3H3/t21-/m0/s1. The van der Waals surface area contributed by atoms with Gasteiger partial charge in [-0.3, -0.25) is 9.59 Å². The van der Waals surface area contributed by atoms with E-state index in [9.17, 15) is 9.59 Å². The Morgan fingerprint density at radius 1 is 1.06 bits per heavy atom. The molecule has 0 spiro atoms. The van der Waals surface area contributed by atoms with Crippen LogP contribution in [-0.4, -0.2) is 55.2 Å². The van der Waals surface area contributed by atoms with Gasteiger partial charge >= 0.3 is 0 Å². The van der Waals surface area contributed by atoms with Crippen LogP contribution in [-0.2, 0) is 4.79 Å². The Labute approximate surface area is 196 Å². The highest BCUT2D eigenvalue weighted by Crippen LogP contribution is 2.38. The van der Waals surface area contributed by atoms with Crippen molar-refractivity contribution in [3.05, 3.63) is 82.0 Å². The van der Waals surface area contributed by atoms with Crippen LogP contribution in [0.25, 0.3) is 0 Å². The molecule has 33 heavy (non-hydrogen) atoms. The van der Waals surface area contributed by atoms with Gasteiger partial charge in [0.25, 0.3) is 11.8 Å². The van der Waals surface area contributed by atoms with Crippen LogP contribution in [0.5, 0.6) is 11.5 Å². The van der Waals surface area contributed by atoms with Crippen molar-refractivity contribution in [2.75, 3.05) is 27.8 Å². The van der Waals surface area contributed by atoms with Gasteiger partial charge in [0.05, 0.1) is 30.9 Å². The number of hydrogen-bond acceptors (Lipinski definition) is 6. The minimum absolute atomic E-state index is 0.0995. The first-order valence-corrected chi connectivity index (χ1v) is 11.4. The second-order valence-electron chi connectivity index (χ2n) is 7.61. The average Bonchev–Trinajstić information content (AvgIpc) is 3.54. The van der Waals surface area contributed by atoms with Crippen molar-refractivity contribution in [2.45, 2.75) is 12.5 Å². The molecule has 0 fully saturated rings. The monoisotopic (exact) mass is 463 g/mol. The van der Waals surface area contributed by atoms with E-state index in [1.165, 1.54) is 9.91 Å². The van der Waals surface area contributed by atoms with E-state index in [1.807, 2.05) is 41.8 Å². The fourth-order valence-corrected chi connectivity index (χ4v) is 4.54. The topological polar surface area (TPSA) is 71.4 Å². The summed E-state index contributed by atoms with van der Waals surface area (Å²) in [4.78, 5) is 28.6. The molecule has 2 heterocycles. The lowest BCUT2D eigenvalue weighted by molar-refractivity contribution is -0.133. The van der Waals surface area contributed by atoms with Crippen LogP contribution in [0.1, 0.15) is 33.3 Å². The number of likely N-dealkylation sites (N-methyl/N-ethyl adjacent to an activating group) is 1. The van der Waals surface area contributed by atoms with Crippen molar-refractivity contribution in [1.82, 2.24) is 9.91 Å². The first-order chi connectivity index (χ1) is 16.0. The molecule has 0 unspecified atom stereocenters. The van der Waals surface area contributed by atoms with Gasteiger partial charge in [0, 0.05) is 24.6 Å². The Hall–Kier alpha value is -3.65. The summed E-state index contributed by atoms with van der Waals surface area (Å²) in [6.45, 7) is -0.0995. The first-order valence-electron chi connectivity index (χ1n) is 10.5. The minimum atomic E-state index is -0.310. The molecule has 2 amide bonds. The number of thiophene rings is 1. The lowest BCUT2D eigenvalue weighted by Gasteiger charge is -2.26. The number of para-hydroxylation sites is 1. The zero-order valence-electron chi connectivity index (χ0n) is 18.7. The summed E-state index contributed by atoms with van der Waals surface area (Å²) in [6, 6.07) is 18.1. The van der Waals surface area contributed by atoms with Crippen LogP contribution in [0, 0.1) is 0 Å². The molecular weight excluding hydrogens is 438 g/mol. The molecule has 1 aromatic heterocycles. The molecule has 2 aromatic carbocycles. The number of methoxy groups -OCH3 is 2. The molecule has 170 valence electrons. The Morgan fingerprint density at radius 2 is 1.82 bits per heavy atom. The maximum Gasteiger partial charge on any atom is 0.262 e.